The molecule has 0 spiro atoms. The Morgan fingerprint density at radius 1 is 1.12 bits per heavy atom. The highest BCUT2D eigenvalue weighted by Gasteiger charge is 2.41. The van der Waals surface area contributed by atoms with Crippen molar-refractivity contribution in [3.8, 4) is 0 Å². The minimum atomic E-state index is -4.23. The summed E-state index contributed by atoms with van der Waals surface area (Å²) >= 11 is 2.99. The lowest BCUT2D eigenvalue weighted by molar-refractivity contribution is -0.167. The SMILES string of the molecule is CC(N(Br)[C@@H](C)c1ccccc1)C(F)(F)F. The molecule has 0 bridgehead atoms. The second-order valence-corrected chi connectivity index (χ2v) is 4.47. The summed E-state index contributed by atoms with van der Waals surface area (Å²) < 4.78 is 38.7. The number of rotatable bonds is 3. The first-order valence-corrected chi connectivity index (χ1v) is 5.60. The summed E-state index contributed by atoms with van der Waals surface area (Å²) in [4.78, 5) is 0. The highest BCUT2D eigenvalue weighted by molar-refractivity contribution is 9.07. The molecule has 90 valence electrons. The molecule has 0 aliphatic carbocycles. The van der Waals surface area contributed by atoms with E-state index in [9.17, 15) is 13.2 Å². The van der Waals surface area contributed by atoms with Crippen molar-refractivity contribution in [2.75, 3.05) is 0 Å². The lowest BCUT2D eigenvalue weighted by Crippen LogP contribution is -2.38. The summed E-state index contributed by atoms with van der Waals surface area (Å²) in [5.41, 5.74) is 0.843. The van der Waals surface area contributed by atoms with Gasteiger partial charge in [0.05, 0.1) is 0 Å². The van der Waals surface area contributed by atoms with Crippen LogP contribution in [-0.2, 0) is 0 Å². The highest BCUT2D eigenvalue weighted by atomic mass is 79.9. The fourth-order valence-corrected chi connectivity index (χ4v) is 1.82. The Morgan fingerprint density at radius 3 is 2.06 bits per heavy atom. The average Bonchev–Trinajstić information content (AvgIpc) is 2.26. The van der Waals surface area contributed by atoms with E-state index in [0.717, 1.165) is 16.4 Å². The van der Waals surface area contributed by atoms with Gasteiger partial charge in [0.25, 0.3) is 0 Å². The zero-order valence-corrected chi connectivity index (χ0v) is 10.6. The molecule has 5 heteroatoms. The molecule has 1 aromatic carbocycles. The number of hydrogen-bond acceptors (Lipinski definition) is 1. The number of alkyl halides is 3. The minimum Gasteiger partial charge on any atom is -0.223 e. The standard InChI is InChI=1S/C11H13BrF3N/c1-8(10-6-4-3-5-7-10)16(12)9(2)11(13,14)15/h3-9H,1-2H3/t8-,9?/m0/s1. The lowest BCUT2D eigenvalue weighted by atomic mass is 10.1. The molecule has 0 saturated carbocycles. The molecule has 1 rings (SSSR count). The van der Waals surface area contributed by atoms with E-state index in [1.807, 2.05) is 30.3 Å². The maximum atomic E-state index is 12.5. The summed E-state index contributed by atoms with van der Waals surface area (Å²) in [6, 6.07) is 7.21. The van der Waals surface area contributed by atoms with E-state index >= 15 is 0 Å². The van der Waals surface area contributed by atoms with Gasteiger partial charge in [-0.1, -0.05) is 30.3 Å². The Kier molecular flexibility index (Phi) is 4.38. The third kappa shape index (κ3) is 3.22. The van der Waals surface area contributed by atoms with Crippen LogP contribution >= 0.6 is 16.1 Å². The summed E-state index contributed by atoms with van der Waals surface area (Å²) in [6.45, 7) is 2.86. The molecule has 0 aliphatic rings. The molecular weight excluding hydrogens is 283 g/mol. The highest BCUT2D eigenvalue weighted by Crippen LogP contribution is 2.33. The van der Waals surface area contributed by atoms with Crippen molar-refractivity contribution in [1.82, 2.24) is 3.93 Å². The summed E-state index contributed by atoms with van der Waals surface area (Å²) in [7, 11) is 0. The van der Waals surface area contributed by atoms with Crippen molar-refractivity contribution in [1.29, 1.82) is 0 Å². The van der Waals surface area contributed by atoms with Crippen LogP contribution in [-0.4, -0.2) is 16.1 Å². The summed E-state index contributed by atoms with van der Waals surface area (Å²) in [5.74, 6) is 0. The van der Waals surface area contributed by atoms with Crippen LogP contribution in [0.5, 0.6) is 0 Å². The molecule has 0 aromatic heterocycles. The molecule has 0 saturated heterocycles. The molecule has 1 unspecified atom stereocenters. The van der Waals surface area contributed by atoms with Crippen LogP contribution in [0.3, 0.4) is 0 Å². The van der Waals surface area contributed by atoms with Crippen LogP contribution in [0.2, 0.25) is 0 Å². The van der Waals surface area contributed by atoms with E-state index in [1.165, 1.54) is 0 Å². The molecule has 0 aliphatic heterocycles. The Labute approximate surface area is 102 Å². The van der Waals surface area contributed by atoms with Crippen molar-refractivity contribution in [2.45, 2.75) is 32.1 Å². The van der Waals surface area contributed by atoms with Crippen molar-refractivity contribution >= 4 is 16.1 Å². The molecule has 0 fully saturated rings. The van der Waals surface area contributed by atoms with Gasteiger partial charge in [-0.2, -0.15) is 13.2 Å². The first-order valence-electron chi connectivity index (χ1n) is 4.90. The quantitative estimate of drug-likeness (QED) is 0.751. The van der Waals surface area contributed by atoms with E-state index in [2.05, 4.69) is 16.1 Å². The molecule has 1 nitrogen and oxygen atoms in total. The number of hydrogen-bond donors (Lipinski definition) is 0. The Hall–Kier alpha value is -0.550. The van der Waals surface area contributed by atoms with Gasteiger partial charge in [0.15, 0.2) is 0 Å². The molecule has 0 radical (unpaired) electrons. The molecule has 0 heterocycles. The van der Waals surface area contributed by atoms with E-state index in [4.69, 9.17) is 0 Å². The van der Waals surface area contributed by atoms with Gasteiger partial charge >= 0.3 is 6.18 Å². The van der Waals surface area contributed by atoms with Gasteiger partial charge in [-0.3, -0.25) is 0 Å². The molecule has 0 N–H and O–H groups in total. The van der Waals surface area contributed by atoms with Crippen LogP contribution in [0, 0.1) is 0 Å². The smallest absolute Gasteiger partial charge is 0.223 e. The van der Waals surface area contributed by atoms with Gasteiger partial charge < -0.3 is 0 Å². The molecule has 16 heavy (non-hydrogen) atoms. The van der Waals surface area contributed by atoms with Crippen molar-refractivity contribution in [2.24, 2.45) is 0 Å². The van der Waals surface area contributed by atoms with Crippen LogP contribution < -0.4 is 0 Å². The first-order chi connectivity index (χ1) is 7.34. The Bertz CT molecular complexity index is 326. The second kappa shape index (κ2) is 5.19. The maximum absolute atomic E-state index is 12.5. The van der Waals surface area contributed by atoms with Gasteiger partial charge in [-0.15, -0.1) is 0 Å². The van der Waals surface area contributed by atoms with Crippen LogP contribution in [0.25, 0.3) is 0 Å². The monoisotopic (exact) mass is 295 g/mol. The normalized spacial score (nSPS) is 16.2. The predicted molar refractivity (Wildman–Crippen MR) is 61.1 cm³/mol. The van der Waals surface area contributed by atoms with Gasteiger partial charge in [-0.05, 0) is 19.4 Å². The number of benzene rings is 1. The van der Waals surface area contributed by atoms with Gasteiger partial charge in [-0.25, -0.2) is 3.93 Å². The van der Waals surface area contributed by atoms with Crippen LogP contribution in [0.4, 0.5) is 13.2 Å². The lowest BCUT2D eigenvalue weighted by Gasteiger charge is -2.30. The van der Waals surface area contributed by atoms with E-state index in [-0.39, 0.29) is 6.04 Å². The van der Waals surface area contributed by atoms with Gasteiger partial charge in [0.1, 0.15) is 6.04 Å². The van der Waals surface area contributed by atoms with E-state index in [1.54, 1.807) is 6.92 Å². The average molecular weight is 296 g/mol. The van der Waals surface area contributed by atoms with Crippen molar-refractivity contribution in [3.63, 3.8) is 0 Å². The third-order valence-corrected chi connectivity index (χ3v) is 3.72. The Morgan fingerprint density at radius 2 is 1.62 bits per heavy atom. The topological polar surface area (TPSA) is 3.24 Å². The van der Waals surface area contributed by atoms with E-state index in [0.29, 0.717) is 0 Å². The van der Waals surface area contributed by atoms with Crippen LogP contribution in [0.1, 0.15) is 25.5 Å². The Balaban J connectivity index is 2.79. The number of halogens is 4. The number of nitrogens with zero attached hydrogens (tertiary/aromatic N) is 1. The largest absolute Gasteiger partial charge is 0.404 e. The maximum Gasteiger partial charge on any atom is 0.404 e. The molecule has 2 atom stereocenters. The van der Waals surface area contributed by atoms with Gasteiger partial charge in [0, 0.05) is 22.2 Å². The zero-order chi connectivity index (χ0) is 12.3. The molecule has 1 aromatic rings. The predicted octanol–water partition coefficient (Wildman–Crippen LogP) is 4.31. The van der Waals surface area contributed by atoms with Crippen molar-refractivity contribution in [3.05, 3.63) is 35.9 Å². The van der Waals surface area contributed by atoms with Gasteiger partial charge in [0.2, 0.25) is 0 Å². The third-order valence-electron chi connectivity index (χ3n) is 2.50. The fraction of sp³-hybridized carbons (Fsp3) is 0.455. The van der Waals surface area contributed by atoms with Crippen molar-refractivity contribution < 1.29 is 13.2 Å². The fourth-order valence-electron chi connectivity index (χ4n) is 1.35. The summed E-state index contributed by atoms with van der Waals surface area (Å²) in [5, 5.41) is 0. The van der Waals surface area contributed by atoms with E-state index < -0.39 is 12.2 Å². The zero-order valence-electron chi connectivity index (χ0n) is 9.00. The first kappa shape index (κ1) is 13.5. The molecule has 0 amide bonds. The second-order valence-electron chi connectivity index (χ2n) is 3.65. The van der Waals surface area contributed by atoms with Crippen LogP contribution in [0.15, 0.2) is 30.3 Å². The molecular formula is C11H13BrF3N. The summed E-state index contributed by atoms with van der Waals surface area (Å²) in [6.07, 6.45) is -4.23. The minimum absolute atomic E-state index is 0.335.